The quantitative estimate of drug-likeness (QED) is 0.519. The summed E-state index contributed by atoms with van der Waals surface area (Å²) in [6, 6.07) is 7.15. The van der Waals surface area contributed by atoms with Crippen LogP contribution in [0.25, 0.3) is 0 Å². The molecule has 0 aliphatic carbocycles. The molecule has 0 unspecified atom stereocenters. The monoisotopic (exact) mass is 490 g/mol. The van der Waals surface area contributed by atoms with E-state index in [0.717, 1.165) is 17.7 Å². The van der Waals surface area contributed by atoms with Crippen molar-refractivity contribution in [1.82, 2.24) is 15.5 Å². The lowest BCUT2D eigenvalue weighted by atomic mass is 10.0. The Morgan fingerprint density at radius 3 is 2.26 bits per heavy atom. The molecule has 1 atom stereocenters. The molecule has 1 fully saturated rings. The number of carbonyl (C=O) groups is 3. The third-order valence-corrected chi connectivity index (χ3v) is 7.28. The predicted molar refractivity (Wildman–Crippen MR) is 126 cm³/mol. The minimum absolute atomic E-state index is 0.0142. The molecule has 34 heavy (non-hydrogen) atoms. The van der Waals surface area contributed by atoms with Gasteiger partial charge in [-0.05, 0) is 23.3 Å². The summed E-state index contributed by atoms with van der Waals surface area (Å²) in [5.74, 6) is -2.44. The third kappa shape index (κ3) is 5.97. The molecule has 8 nitrogen and oxygen atoms in total. The number of rotatable bonds is 7. The Labute approximate surface area is 197 Å². The molecule has 4 amide bonds. The summed E-state index contributed by atoms with van der Waals surface area (Å²) in [5.41, 5.74) is 1.25. The second kappa shape index (κ2) is 10.3. The van der Waals surface area contributed by atoms with Gasteiger partial charge in [-0.15, -0.1) is 0 Å². The molecule has 11 heteroatoms. The highest BCUT2D eigenvalue weighted by atomic mass is 28.3. The molecule has 2 aromatic rings. The summed E-state index contributed by atoms with van der Waals surface area (Å²) in [5, 5.41) is 7.67. The van der Waals surface area contributed by atoms with Gasteiger partial charge in [0.1, 0.15) is 24.2 Å². The molecule has 0 radical (unpaired) electrons. The van der Waals surface area contributed by atoms with E-state index >= 15 is 0 Å². The number of benzene rings is 2. The van der Waals surface area contributed by atoms with Crippen molar-refractivity contribution in [2.24, 2.45) is 0 Å². The van der Waals surface area contributed by atoms with Crippen LogP contribution in [0.4, 0.5) is 19.3 Å². The maximum atomic E-state index is 14.7. The lowest BCUT2D eigenvalue weighted by molar-refractivity contribution is -0.118. The number of methoxy groups -OCH3 is 1. The minimum Gasteiger partial charge on any atom is -0.380 e. The lowest BCUT2D eigenvalue weighted by Gasteiger charge is -2.23. The molecule has 2 aromatic carbocycles. The molecule has 0 saturated carbocycles. The van der Waals surface area contributed by atoms with Crippen LogP contribution in [-0.4, -0.2) is 51.1 Å². The van der Waals surface area contributed by atoms with Gasteiger partial charge in [0.2, 0.25) is 5.91 Å². The number of hydrogen-bond donors (Lipinski definition) is 3. The SMILES string of the molecule is COCc1ccc([C@@H](NC(=O)N2CNC(=O)C2)C(=O)Nc2cc(F)c([Si](C)(C)C)c(F)c2)cc1. The van der Waals surface area contributed by atoms with Crippen molar-refractivity contribution in [3.63, 3.8) is 0 Å². The first kappa shape index (κ1) is 25.3. The number of nitrogens with one attached hydrogen (secondary N) is 3. The number of nitrogens with zero attached hydrogens (tertiary/aromatic N) is 1. The van der Waals surface area contributed by atoms with Crippen molar-refractivity contribution in [3.8, 4) is 0 Å². The van der Waals surface area contributed by atoms with Crippen molar-refractivity contribution >= 4 is 36.8 Å². The van der Waals surface area contributed by atoms with Gasteiger partial charge < -0.3 is 20.7 Å². The van der Waals surface area contributed by atoms with Crippen LogP contribution in [0.15, 0.2) is 36.4 Å². The van der Waals surface area contributed by atoms with Crippen LogP contribution in [0.1, 0.15) is 17.2 Å². The van der Waals surface area contributed by atoms with Gasteiger partial charge in [0, 0.05) is 18.0 Å². The van der Waals surface area contributed by atoms with Crippen molar-refractivity contribution in [1.29, 1.82) is 0 Å². The topological polar surface area (TPSA) is 99.8 Å². The number of anilines is 1. The first-order chi connectivity index (χ1) is 16.0. The van der Waals surface area contributed by atoms with Gasteiger partial charge in [-0.3, -0.25) is 14.5 Å². The van der Waals surface area contributed by atoms with Gasteiger partial charge in [-0.1, -0.05) is 43.9 Å². The summed E-state index contributed by atoms with van der Waals surface area (Å²) < 4.78 is 34.4. The zero-order chi connectivity index (χ0) is 25.0. The van der Waals surface area contributed by atoms with Crippen molar-refractivity contribution in [3.05, 3.63) is 59.2 Å². The number of amides is 4. The van der Waals surface area contributed by atoms with Gasteiger partial charge in [-0.2, -0.15) is 0 Å². The first-order valence-corrected chi connectivity index (χ1v) is 14.2. The molecule has 3 rings (SSSR count). The van der Waals surface area contributed by atoms with Gasteiger partial charge in [0.25, 0.3) is 5.91 Å². The Bertz CT molecular complexity index is 1070. The average Bonchev–Trinajstić information content (AvgIpc) is 3.17. The first-order valence-electron chi connectivity index (χ1n) is 10.7. The number of halogens is 2. The van der Waals surface area contributed by atoms with Crippen LogP contribution in [0.5, 0.6) is 0 Å². The molecular weight excluding hydrogens is 462 g/mol. The van der Waals surface area contributed by atoms with Crippen LogP contribution in [0, 0.1) is 11.6 Å². The molecule has 1 heterocycles. The van der Waals surface area contributed by atoms with Crippen LogP contribution < -0.4 is 21.1 Å². The minimum atomic E-state index is -2.28. The van der Waals surface area contributed by atoms with Crippen molar-refractivity contribution in [2.75, 3.05) is 25.6 Å². The normalized spacial score (nSPS) is 14.5. The summed E-state index contributed by atoms with van der Waals surface area (Å²) in [7, 11) is -0.727. The lowest BCUT2D eigenvalue weighted by Crippen LogP contribution is -2.45. The highest BCUT2D eigenvalue weighted by Gasteiger charge is 2.30. The van der Waals surface area contributed by atoms with Crippen molar-refractivity contribution < 1.29 is 27.9 Å². The van der Waals surface area contributed by atoms with E-state index in [1.807, 2.05) is 19.6 Å². The maximum Gasteiger partial charge on any atom is 0.320 e. The van der Waals surface area contributed by atoms with Crippen LogP contribution in [0.2, 0.25) is 19.6 Å². The van der Waals surface area contributed by atoms with E-state index in [2.05, 4.69) is 16.0 Å². The fourth-order valence-corrected chi connectivity index (χ4v) is 5.25. The van der Waals surface area contributed by atoms with E-state index in [9.17, 15) is 23.2 Å². The number of ether oxygens (including phenoxy) is 1. The van der Waals surface area contributed by atoms with Gasteiger partial charge >= 0.3 is 6.03 Å². The zero-order valence-corrected chi connectivity index (χ0v) is 20.5. The van der Waals surface area contributed by atoms with E-state index in [-0.39, 0.29) is 30.0 Å². The third-order valence-electron chi connectivity index (χ3n) is 5.30. The Morgan fingerprint density at radius 2 is 1.76 bits per heavy atom. The molecule has 1 saturated heterocycles. The maximum absolute atomic E-state index is 14.7. The molecule has 1 aliphatic heterocycles. The molecule has 0 spiro atoms. The number of urea groups is 1. The van der Waals surface area contributed by atoms with Gasteiger partial charge in [0.05, 0.1) is 21.3 Å². The fourth-order valence-electron chi connectivity index (χ4n) is 3.68. The standard InChI is InChI=1S/C23H28F2N4O4Si/c1-33-12-14-5-7-15(8-6-14)20(28-23(32)29-11-19(30)26-13-29)22(31)27-16-9-17(24)21(18(25)10-16)34(2,3)4/h5-10,20H,11-13H2,1-4H3,(H,26,30)(H,27,31)(H,28,32)/t20-/m1/s1. The largest absolute Gasteiger partial charge is 0.380 e. The number of hydrogen-bond acceptors (Lipinski definition) is 4. The summed E-state index contributed by atoms with van der Waals surface area (Å²) in [4.78, 5) is 38.5. The Balaban J connectivity index is 1.87. The zero-order valence-electron chi connectivity index (χ0n) is 19.5. The molecule has 0 aromatic heterocycles. The summed E-state index contributed by atoms with van der Waals surface area (Å²) >= 11 is 0. The predicted octanol–water partition coefficient (Wildman–Crippen LogP) is 2.44. The molecular formula is C23H28F2N4O4Si. The molecule has 0 bridgehead atoms. The van der Waals surface area contributed by atoms with E-state index in [4.69, 9.17) is 4.74 Å². The van der Waals surface area contributed by atoms with E-state index in [1.165, 1.54) is 4.90 Å². The van der Waals surface area contributed by atoms with E-state index in [0.29, 0.717) is 12.2 Å². The highest BCUT2D eigenvalue weighted by molar-refractivity contribution is 6.88. The molecule has 1 aliphatic rings. The van der Waals surface area contributed by atoms with Gasteiger partial charge in [0.15, 0.2) is 0 Å². The second-order valence-corrected chi connectivity index (χ2v) is 14.1. The van der Waals surface area contributed by atoms with E-state index < -0.39 is 37.7 Å². The Hall–Kier alpha value is -3.31. The summed E-state index contributed by atoms with van der Waals surface area (Å²) in [6.07, 6.45) is 0. The average molecular weight is 491 g/mol. The second-order valence-electron chi connectivity index (χ2n) is 9.07. The van der Waals surface area contributed by atoms with E-state index in [1.54, 1.807) is 31.4 Å². The van der Waals surface area contributed by atoms with Crippen molar-refractivity contribution in [2.45, 2.75) is 32.3 Å². The highest BCUT2D eigenvalue weighted by Crippen LogP contribution is 2.21. The molecule has 3 N–H and O–H groups in total. The van der Waals surface area contributed by atoms with Crippen LogP contribution in [-0.2, 0) is 20.9 Å². The van der Waals surface area contributed by atoms with Crippen LogP contribution >= 0.6 is 0 Å². The Kier molecular flexibility index (Phi) is 7.67. The van der Waals surface area contributed by atoms with Crippen LogP contribution in [0.3, 0.4) is 0 Å². The Morgan fingerprint density at radius 1 is 1.15 bits per heavy atom. The smallest absolute Gasteiger partial charge is 0.320 e. The summed E-state index contributed by atoms with van der Waals surface area (Å²) in [6.45, 7) is 5.71. The fraction of sp³-hybridized carbons (Fsp3) is 0.348. The molecule has 182 valence electrons. The number of carbonyl (C=O) groups excluding carboxylic acids is 3. The van der Waals surface area contributed by atoms with Gasteiger partial charge in [-0.25, -0.2) is 13.6 Å².